The van der Waals surface area contributed by atoms with Crippen molar-refractivity contribution in [1.29, 1.82) is 5.41 Å². The van der Waals surface area contributed by atoms with E-state index in [0.717, 1.165) is 0 Å². The molecule has 0 radical (unpaired) electrons. The van der Waals surface area contributed by atoms with E-state index in [1.165, 1.54) is 6.08 Å². The summed E-state index contributed by atoms with van der Waals surface area (Å²) in [4.78, 5) is 0. The van der Waals surface area contributed by atoms with Crippen LogP contribution < -0.4 is 0 Å². The van der Waals surface area contributed by atoms with E-state index in [0.29, 0.717) is 5.57 Å². The van der Waals surface area contributed by atoms with Gasteiger partial charge in [-0.1, -0.05) is 41.5 Å². The summed E-state index contributed by atoms with van der Waals surface area (Å²) in [7, 11) is 0. The Kier molecular flexibility index (Phi) is 3.04. The van der Waals surface area contributed by atoms with Crippen molar-refractivity contribution >= 4 is 5.71 Å². The Morgan fingerprint density at radius 1 is 1.12 bits per heavy atom. The fraction of sp³-hybridized carbons (Fsp3) is 0.643. The first-order valence-electron chi connectivity index (χ1n) is 5.85. The van der Waals surface area contributed by atoms with E-state index < -0.39 is 11.0 Å². The third kappa shape index (κ3) is 2.29. The van der Waals surface area contributed by atoms with Crippen LogP contribution in [0.25, 0.3) is 0 Å². The monoisotopic (exact) mass is 237 g/mol. The molecule has 17 heavy (non-hydrogen) atoms. The standard InChI is InChI=1S/C14H23NO2/c1-12(2,3)10-7-9(16)8-14(17,11(10)15)13(4,5)6/h7-8,15-17H,1-6H3. The molecular weight excluding hydrogens is 214 g/mol. The molecule has 96 valence electrons. The van der Waals surface area contributed by atoms with Crippen molar-refractivity contribution in [3.8, 4) is 0 Å². The largest absolute Gasteiger partial charge is 0.508 e. The van der Waals surface area contributed by atoms with E-state index >= 15 is 0 Å². The molecule has 3 heteroatoms. The molecule has 0 bridgehead atoms. The van der Waals surface area contributed by atoms with Gasteiger partial charge in [0.15, 0.2) is 0 Å². The van der Waals surface area contributed by atoms with Crippen LogP contribution in [-0.2, 0) is 0 Å². The first kappa shape index (κ1) is 14.0. The quantitative estimate of drug-likeness (QED) is 0.605. The van der Waals surface area contributed by atoms with Gasteiger partial charge in [-0.2, -0.15) is 0 Å². The number of nitrogens with one attached hydrogen (secondary N) is 1. The van der Waals surface area contributed by atoms with E-state index in [4.69, 9.17) is 5.41 Å². The maximum absolute atomic E-state index is 10.7. The molecule has 0 fully saturated rings. The predicted octanol–water partition coefficient (Wildman–Crippen LogP) is 3.21. The molecule has 0 amide bonds. The Balaban J connectivity index is 3.38. The molecule has 1 aliphatic rings. The average molecular weight is 237 g/mol. The van der Waals surface area contributed by atoms with Gasteiger partial charge in [-0.3, -0.25) is 0 Å². The molecule has 0 aromatic rings. The molecule has 0 aliphatic heterocycles. The van der Waals surface area contributed by atoms with E-state index in [1.54, 1.807) is 6.08 Å². The lowest BCUT2D eigenvalue weighted by Crippen LogP contribution is -2.51. The molecule has 0 saturated carbocycles. The van der Waals surface area contributed by atoms with E-state index in [1.807, 2.05) is 41.5 Å². The summed E-state index contributed by atoms with van der Waals surface area (Å²) in [5, 5.41) is 28.7. The molecule has 1 aliphatic carbocycles. The molecule has 1 atom stereocenters. The maximum atomic E-state index is 10.7. The van der Waals surface area contributed by atoms with Crippen LogP contribution in [0.2, 0.25) is 0 Å². The average Bonchev–Trinajstić information content (AvgIpc) is 2.07. The molecule has 0 saturated heterocycles. The summed E-state index contributed by atoms with van der Waals surface area (Å²) in [6.45, 7) is 11.5. The van der Waals surface area contributed by atoms with Gasteiger partial charge in [-0.05, 0) is 23.1 Å². The normalized spacial score (nSPS) is 26.6. The van der Waals surface area contributed by atoms with Crippen LogP contribution in [-0.4, -0.2) is 21.5 Å². The van der Waals surface area contributed by atoms with Crippen LogP contribution in [0.4, 0.5) is 0 Å². The lowest BCUT2D eigenvalue weighted by atomic mass is 9.65. The minimum absolute atomic E-state index is 0.0309. The number of hydrogen-bond donors (Lipinski definition) is 3. The lowest BCUT2D eigenvalue weighted by Gasteiger charge is -2.43. The Morgan fingerprint density at radius 2 is 1.59 bits per heavy atom. The van der Waals surface area contributed by atoms with Gasteiger partial charge in [0.1, 0.15) is 11.4 Å². The highest BCUT2D eigenvalue weighted by Crippen LogP contribution is 2.42. The minimum Gasteiger partial charge on any atom is -0.508 e. The van der Waals surface area contributed by atoms with E-state index in [9.17, 15) is 10.2 Å². The van der Waals surface area contributed by atoms with Crippen molar-refractivity contribution in [2.45, 2.75) is 47.1 Å². The fourth-order valence-electron chi connectivity index (χ4n) is 1.94. The third-order valence-electron chi connectivity index (χ3n) is 3.25. The van der Waals surface area contributed by atoms with Crippen LogP contribution in [0.1, 0.15) is 41.5 Å². The molecular formula is C14H23NO2. The molecule has 1 unspecified atom stereocenters. The van der Waals surface area contributed by atoms with Gasteiger partial charge in [-0.15, -0.1) is 0 Å². The van der Waals surface area contributed by atoms with Crippen molar-refractivity contribution in [3.05, 3.63) is 23.5 Å². The minimum atomic E-state index is -1.42. The van der Waals surface area contributed by atoms with Crippen molar-refractivity contribution in [2.75, 3.05) is 0 Å². The summed E-state index contributed by atoms with van der Waals surface area (Å²) in [5.74, 6) is 0.0309. The number of aliphatic hydroxyl groups excluding tert-OH is 1. The molecule has 3 N–H and O–H groups in total. The van der Waals surface area contributed by atoms with Gasteiger partial charge in [0, 0.05) is 5.41 Å². The first-order valence-corrected chi connectivity index (χ1v) is 5.85. The fourth-order valence-corrected chi connectivity index (χ4v) is 1.94. The molecule has 1 rings (SSSR count). The van der Waals surface area contributed by atoms with Crippen LogP contribution in [0.15, 0.2) is 23.5 Å². The van der Waals surface area contributed by atoms with Crippen LogP contribution in [0.3, 0.4) is 0 Å². The van der Waals surface area contributed by atoms with Gasteiger partial charge in [0.25, 0.3) is 0 Å². The predicted molar refractivity (Wildman–Crippen MR) is 70.4 cm³/mol. The molecule has 0 heterocycles. The van der Waals surface area contributed by atoms with Crippen LogP contribution >= 0.6 is 0 Å². The van der Waals surface area contributed by atoms with Crippen molar-refractivity contribution < 1.29 is 10.2 Å². The van der Waals surface area contributed by atoms with Gasteiger partial charge in [0.2, 0.25) is 0 Å². The van der Waals surface area contributed by atoms with Gasteiger partial charge < -0.3 is 15.6 Å². The summed E-state index contributed by atoms with van der Waals surface area (Å²) in [6, 6.07) is 0. The second-order valence-electron chi connectivity index (χ2n) is 6.77. The number of aliphatic hydroxyl groups is 2. The highest BCUT2D eigenvalue weighted by Gasteiger charge is 2.47. The highest BCUT2D eigenvalue weighted by atomic mass is 16.3. The van der Waals surface area contributed by atoms with Crippen LogP contribution in [0, 0.1) is 16.2 Å². The van der Waals surface area contributed by atoms with Crippen LogP contribution in [0.5, 0.6) is 0 Å². The zero-order chi connectivity index (χ0) is 13.6. The van der Waals surface area contributed by atoms with Gasteiger partial charge >= 0.3 is 0 Å². The van der Waals surface area contributed by atoms with Crippen molar-refractivity contribution in [3.63, 3.8) is 0 Å². The highest BCUT2D eigenvalue weighted by molar-refractivity contribution is 6.08. The van der Waals surface area contributed by atoms with Crippen molar-refractivity contribution in [2.24, 2.45) is 10.8 Å². The summed E-state index contributed by atoms with van der Waals surface area (Å²) >= 11 is 0. The topological polar surface area (TPSA) is 64.3 Å². The molecule has 3 nitrogen and oxygen atoms in total. The molecule has 0 spiro atoms. The molecule has 0 aromatic carbocycles. The second kappa shape index (κ2) is 3.70. The summed E-state index contributed by atoms with van der Waals surface area (Å²) < 4.78 is 0. The zero-order valence-electron chi connectivity index (χ0n) is 11.5. The van der Waals surface area contributed by atoms with Crippen molar-refractivity contribution in [1.82, 2.24) is 0 Å². The number of rotatable bonds is 0. The molecule has 0 aromatic heterocycles. The third-order valence-corrected chi connectivity index (χ3v) is 3.25. The Bertz CT molecular complexity index is 405. The number of hydrogen-bond acceptors (Lipinski definition) is 3. The second-order valence-corrected chi connectivity index (χ2v) is 6.77. The number of allylic oxidation sites excluding steroid dienone is 1. The summed E-state index contributed by atoms with van der Waals surface area (Å²) in [5.41, 5.74) is -1.39. The smallest absolute Gasteiger partial charge is 0.133 e. The Labute approximate surface area is 103 Å². The Morgan fingerprint density at radius 3 is 1.94 bits per heavy atom. The lowest BCUT2D eigenvalue weighted by molar-refractivity contribution is 0.0444. The van der Waals surface area contributed by atoms with E-state index in [-0.39, 0.29) is 16.9 Å². The first-order chi connectivity index (χ1) is 7.39. The van der Waals surface area contributed by atoms with Gasteiger partial charge in [-0.25, -0.2) is 0 Å². The maximum Gasteiger partial charge on any atom is 0.133 e. The van der Waals surface area contributed by atoms with E-state index in [2.05, 4.69) is 0 Å². The SMILES string of the molecule is CC(C)(C)C1=CC(O)=CC(O)(C(C)(C)C)C1=N. The zero-order valence-corrected chi connectivity index (χ0v) is 11.5. The van der Waals surface area contributed by atoms with Gasteiger partial charge in [0.05, 0.1) is 5.71 Å². The summed E-state index contributed by atoms with van der Waals surface area (Å²) in [6.07, 6.45) is 2.94. The Hall–Kier alpha value is -1.09.